The lowest BCUT2D eigenvalue weighted by Crippen LogP contribution is -2.33. The Morgan fingerprint density at radius 1 is 1.10 bits per heavy atom. The van der Waals surface area contributed by atoms with Crippen molar-refractivity contribution >= 4 is 29.1 Å². The van der Waals surface area contributed by atoms with Gasteiger partial charge >= 0.3 is 0 Å². The van der Waals surface area contributed by atoms with Gasteiger partial charge in [0.05, 0.1) is 0 Å². The fraction of sp³-hybridized carbons (Fsp3) is 0.290. The summed E-state index contributed by atoms with van der Waals surface area (Å²) >= 11 is 0. The Labute approximate surface area is 228 Å². The van der Waals surface area contributed by atoms with E-state index >= 15 is 0 Å². The topological polar surface area (TPSA) is 111 Å². The second-order valence-electron chi connectivity index (χ2n) is 9.89. The molecular formula is C31H34N4O4. The van der Waals surface area contributed by atoms with E-state index in [0.29, 0.717) is 45.7 Å². The molecule has 39 heavy (non-hydrogen) atoms. The molecule has 8 heteroatoms. The molecule has 0 saturated heterocycles. The molecule has 1 saturated carbocycles. The van der Waals surface area contributed by atoms with Crippen LogP contribution in [-0.2, 0) is 16.1 Å². The molecule has 2 aromatic carbocycles. The summed E-state index contributed by atoms with van der Waals surface area (Å²) in [5.41, 5.74) is 5.41. The van der Waals surface area contributed by atoms with Gasteiger partial charge in [-0.3, -0.25) is 19.2 Å². The third-order valence-electron chi connectivity index (χ3n) is 7.03. The van der Waals surface area contributed by atoms with E-state index in [-0.39, 0.29) is 35.7 Å². The Balaban J connectivity index is 1.79. The number of benzene rings is 2. The lowest BCUT2D eigenvalue weighted by Gasteiger charge is -2.26. The number of aromatic amines is 1. The smallest absolute Gasteiger partial charge is 0.253 e. The molecule has 4 rings (SSSR count). The summed E-state index contributed by atoms with van der Waals surface area (Å²) in [6, 6.07) is 12.8. The molecule has 0 unspecified atom stereocenters. The first kappa shape index (κ1) is 27.6. The standard InChI is InChI=1S/C31H34N4O4/c1-6-28(36)34-26-11-9-8-10-23(26)22-15-24(20(5)27(16-22)35(7-2)31(39)21-12-13-21)29(37)32-17-25-18(3)14-19(4)33-30(25)38/h6,8-11,14-16,21H,1,7,12-13,17H2,2-5H3,(H,32,37)(H,33,38)(H,34,36). The highest BCUT2D eigenvalue weighted by atomic mass is 16.2. The first-order chi connectivity index (χ1) is 18.6. The molecule has 0 radical (unpaired) electrons. The number of carbonyl (C=O) groups excluding carboxylic acids is 3. The van der Waals surface area contributed by atoms with Gasteiger partial charge in [0.2, 0.25) is 11.8 Å². The van der Waals surface area contributed by atoms with Crippen LogP contribution in [0.4, 0.5) is 11.4 Å². The lowest BCUT2D eigenvalue weighted by atomic mass is 9.95. The number of aryl methyl sites for hydroxylation is 2. The monoisotopic (exact) mass is 526 g/mol. The molecule has 3 N–H and O–H groups in total. The first-order valence-corrected chi connectivity index (χ1v) is 13.1. The fourth-order valence-corrected chi connectivity index (χ4v) is 4.76. The SMILES string of the molecule is C=CC(=O)Nc1ccccc1-c1cc(C(=O)NCc2c(C)cc(C)[nH]c2=O)c(C)c(N(CC)C(=O)C2CC2)c1. The van der Waals surface area contributed by atoms with Gasteiger partial charge in [-0.25, -0.2) is 0 Å². The van der Waals surface area contributed by atoms with E-state index in [9.17, 15) is 19.2 Å². The number of para-hydroxylation sites is 1. The van der Waals surface area contributed by atoms with E-state index in [4.69, 9.17) is 0 Å². The average molecular weight is 527 g/mol. The van der Waals surface area contributed by atoms with E-state index < -0.39 is 0 Å². The van der Waals surface area contributed by atoms with Gasteiger partial charge in [0.1, 0.15) is 0 Å². The largest absolute Gasteiger partial charge is 0.348 e. The molecule has 1 aliphatic rings. The van der Waals surface area contributed by atoms with E-state index in [1.165, 1.54) is 6.08 Å². The van der Waals surface area contributed by atoms with E-state index in [0.717, 1.165) is 24.1 Å². The number of rotatable bonds is 9. The van der Waals surface area contributed by atoms with Gasteiger partial charge in [-0.15, -0.1) is 0 Å². The number of amides is 3. The predicted molar refractivity (Wildman–Crippen MR) is 154 cm³/mol. The molecule has 1 aromatic heterocycles. The third kappa shape index (κ3) is 6.00. The van der Waals surface area contributed by atoms with Crippen LogP contribution in [0.2, 0.25) is 0 Å². The molecule has 3 aromatic rings. The normalized spacial score (nSPS) is 12.5. The van der Waals surface area contributed by atoms with Crippen LogP contribution in [-0.4, -0.2) is 29.3 Å². The molecular weight excluding hydrogens is 492 g/mol. The maximum atomic E-state index is 13.6. The average Bonchev–Trinajstić information content (AvgIpc) is 3.75. The molecule has 0 spiro atoms. The molecule has 1 fully saturated rings. The van der Waals surface area contributed by atoms with Crippen molar-refractivity contribution in [1.29, 1.82) is 0 Å². The minimum absolute atomic E-state index is 0.000635. The minimum atomic E-state index is -0.363. The van der Waals surface area contributed by atoms with Crippen LogP contribution >= 0.6 is 0 Å². The van der Waals surface area contributed by atoms with Crippen LogP contribution < -0.4 is 21.1 Å². The molecule has 202 valence electrons. The van der Waals surface area contributed by atoms with Gasteiger partial charge in [0, 0.05) is 52.8 Å². The summed E-state index contributed by atoms with van der Waals surface area (Å²) in [6.45, 7) is 11.4. The highest BCUT2D eigenvalue weighted by Crippen LogP contribution is 2.38. The van der Waals surface area contributed by atoms with Crippen LogP contribution in [0.15, 0.2) is 59.9 Å². The van der Waals surface area contributed by atoms with Crippen molar-refractivity contribution in [3.05, 3.63) is 93.4 Å². The number of anilines is 2. The maximum Gasteiger partial charge on any atom is 0.253 e. The second kappa shape index (κ2) is 11.5. The van der Waals surface area contributed by atoms with Gasteiger partial charge in [-0.2, -0.15) is 0 Å². The minimum Gasteiger partial charge on any atom is -0.348 e. The summed E-state index contributed by atoms with van der Waals surface area (Å²) < 4.78 is 0. The Bertz CT molecular complexity index is 1520. The van der Waals surface area contributed by atoms with Gasteiger partial charge in [0.15, 0.2) is 0 Å². The number of nitrogens with one attached hydrogen (secondary N) is 3. The molecule has 1 aliphatic carbocycles. The van der Waals surface area contributed by atoms with Crippen molar-refractivity contribution in [3.8, 4) is 11.1 Å². The summed E-state index contributed by atoms with van der Waals surface area (Å²) in [5, 5.41) is 5.72. The molecule has 3 amide bonds. The molecule has 0 aliphatic heterocycles. The molecule has 0 bridgehead atoms. The molecule has 1 heterocycles. The summed E-state index contributed by atoms with van der Waals surface area (Å²) in [7, 11) is 0. The zero-order valence-corrected chi connectivity index (χ0v) is 22.8. The van der Waals surface area contributed by atoms with Crippen molar-refractivity contribution in [2.75, 3.05) is 16.8 Å². The fourth-order valence-electron chi connectivity index (χ4n) is 4.76. The van der Waals surface area contributed by atoms with Crippen LogP contribution in [0.25, 0.3) is 11.1 Å². The van der Waals surface area contributed by atoms with Crippen molar-refractivity contribution < 1.29 is 14.4 Å². The number of hydrogen-bond donors (Lipinski definition) is 3. The Morgan fingerprint density at radius 3 is 2.46 bits per heavy atom. The number of nitrogens with zero attached hydrogens (tertiary/aromatic N) is 1. The number of H-pyrrole nitrogens is 1. The van der Waals surface area contributed by atoms with Crippen LogP contribution in [0.1, 0.15) is 52.5 Å². The van der Waals surface area contributed by atoms with Gasteiger partial charge in [0.25, 0.3) is 11.5 Å². The maximum absolute atomic E-state index is 13.6. The first-order valence-electron chi connectivity index (χ1n) is 13.1. The Hall–Kier alpha value is -4.46. The summed E-state index contributed by atoms with van der Waals surface area (Å²) in [4.78, 5) is 55.9. The zero-order chi connectivity index (χ0) is 28.3. The van der Waals surface area contributed by atoms with E-state index in [1.54, 1.807) is 23.1 Å². The number of carbonyl (C=O) groups is 3. The number of aromatic nitrogens is 1. The number of hydrogen-bond acceptors (Lipinski definition) is 4. The van der Waals surface area contributed by atoms with Gasteiger partial charge < -0.3 is 20.5 Å². The summed E-state index contributed by atoms with van der Waals surface area (Å²) in [6.07, 6.45) is 2.92. The van der Waals surface area contributed by atoms with Crippen LogP contribution in [0.3, 0.4) is 0 Å². The zero-order valence-electron chi connectivity index (χ0n) is 22.8. The quantitative estimate of drug-likeness (QED) is 0.348. The Morgan fingerprint density at radius 2 is 1.82 bits per heavy atom. The van der Waals surface area contributed by atoms with Crippen LogP contribution in [0.5, 0.6) is 0 Å². The predicted octanol–water partition coefficient (Wildman–Crippen LogP) is 4.78. The lowest BCUT2D eigenvalue weighted by molar-refractivity contribution is -0.119. The van der Waals surface area contributed by atoms with Crippen molar-refractivity contribution in [3.63, 3.8) is 0 Å². The van der Waals surface area contributed by atoms with Gasteiger partial charge in [-0.05, 0) is 87.6 Å². The summed E-state index contributed by atoms with van der Waals surface area (Å²) in [5.74, 6) is -0.678. The number of pyridine rings is 1. The van der Waals surface area contributed by atoms with Crippen molar-refractivity contribution in [1.82, 2.24) is 10.3 Å². The van der Waals surface area contributed by atoms with Gasteiger partial charge in [-0.1, -0.05) is 24.8 Å². The van der Waals surface area contributed by atoms with E-state index in [2.05, 4.69) is 22.2 Å². The van der Waals surface area contributed by atoms with Crippen molar-refractivity contribution in [2.24, 2.45) is 5.92 Å². The van der Waals surface area contributed by atoms with E-state index in [1.807, 2.05) is 52.0 Å². The highest BCUT2D eigenvalue weighted by Gasteiger charge is 2.34. The highest BCUT2D eigenvalue weighted by molar-refractivity contribution is 6.05. The second-order valence-corrected chi connectivity index (χ2v) is 9.89. The molecule has 0 atom stereocenters. The Kier molecular flexibility index (Phi) is 8.14. The van der Waals surface area contributed by atoms with Crippen molar-refractivity contribution in [2.45, 2.75) is 47.1 Å². The molecule has 8 nitrogen and oxygen atoms in total. The van der Waals surface area contributed by atoms with Crippen LogP contribution in [0, 0.1) is 26.7 Å². The third-order valence-corrected chi connectivity index (χ3v) is 7.03.